The molecule has 0 spiro atoms. The summed E-state index contributed by atoms with van der Waals surface area (Å²) in [5, 5.41) is 5.68. The van der Waals surface area contributed by atoms with Crippen molar-refractivity contribution < 1.29 is 14.3 Å². The molecule has 2 N–H and O–H groups in total. The van der Waals surface area contributed by atoms with Crippen LogP contribution in [0, 0.1) is 0 Å². The molecular formula is C19H22N2O3. The van der Waals surface area contributed by atoms with Gasteiger partial charge >= 0.3 is 0 Å². The zero-order valence-electron chi connectivity index (χ0n) is 13.9. The molecule has 2 amide bonds. The van der Waals surface area contributed by atoms with Crippen molar-refractivity contribution in [3.05, 3.63) is 60.2 Å². The summed E-state index contributed by atoms with van der Waals surface area (Å²) in [6.45, 7) is 3.85. The molecular weight excluding hydrogens is 304 g/mol. The molecule has 5 heteroatoms. The number of nitrogens with one attached hydrogen (secondary N) is 2. The second-order valence-corrected chi connectivity index (χ2v) is 5.35. The molecule has 0 aromatic heterocycles. The van der Waals surface area contributed by atoms with E-state index in [2.05, 4.69) is 10.6 Å². The fourth-order valence-electron chi connectivity index (χ4n) is 2.42. The lowest BCUT2D eigenvalue weighted by Crippen LogP contribution is -2.29. The van der Waals surface area contributed by atoms with Gasteiger partial charge in [0.05, 0.1) is 24.8 Å². The number of benzene rings is 2. The van der Waals surface area contributed by atoms with Crippen LogP contribution in [0.5, 0.6) is 5.75 Å². The topological polar surface area (TPSA) is 67.4 Å². The van der Waals surface area contributed by atoms with Crippen molar-refractivity contribution in [2.24, 2.45) is 0 Å². The van der Waals surface area contributed by atoms with Crippen molar-refractivity contribution in [2.75, 3.05) is 11.9 Å². The average molecular weight is 326 g/mol. The number of carbonyl (C=O) groups is 2. The van der Waals surface area contributed by atoms with E-state index in [9.17, 15) is 9.59 Å². The third-order valence-electron chi connectivity index (χ3n) is 3.43. The van der Waals surface area contributed by atoms with Crippen molar-refractivity contribution >= 4 is 17.5 Å². The fraction of sp³-hybridized carbons (Fsp3) is 0.263. The highest BCUT2D eigenvalue weighted by atomic mass is 16.5. The van der Waals surface area contributed by atoms with Gasteiger partial charge in [0.25, 0.3) is 0 Å². The minimum absolute atomic E-state index is 0.143. The summed E-state index contributed by atoms with van der Waals surface area (Å²) in [4.78, 5) is 23.9. The Morgan fingerprint density at radius 2 is 1.71 bits per heavy atom. The Hall–Kier alpha value is -2.82. The number of carbonyl (C=O) groups excluding carboxylic acids is 2. The summed E-state index contributed by atoms with van der Waals surface area (Å²) in [5.41, 5.74) is 1.51. The third-order valence-corrected chi connectivity index (χ3v) is 3.43. The maximum atomic E-state index is 12.4. The van der Waals surface area contributed by atoms with E-state index in [-0.39, 0.29) is 24.3 Å². The maximum absolute atomic E-state index is 12.4. The van der Waals surface area contributed by atoms with Crippen LogP contribution in [0.2, 0.25) is 0 Å². The van der Waals surface area contributed by atoms with E-state index >= 15 is 0 Å². The zero-order valence-corrected chi connectivity index (χ0v) is 13.9. The van der Waals surface area contributed by atoms with E-state index in [0.717, 1.165) is 5.56 Å². The van der Waals surface area contributed by atoms with Crippen LogP contribution in [0.25, 0.3) is 0 Å². The van der Waals surface area contributed by atoms with Crippen LogP contribution in [0.1, 0.15) is 31.9 Å². The van der Waals surface area contributed by atoms with Crippen LogP contribution in [0.15, 0.2) is 54.6 Å². The van der Waals surface area contributed by atoms with Gasteiger partial charge in [-0.2, -0.15) is 0 Å². The van der Waals surface area contributed by atoms with Crippen LogP contribution >= 0.6 is 0 Å². The van der Waals surface area contributed by atoms with E-state index in [4.69, 9.17) is 4.74 Å². The first-order valence-corrected chi connectivity index (χ1v) is 7.94. The maximum Gasteiger partial charge on any atom is 0.226 e. The van der Waals surface area contributed by atoms with E-state index in [1.807, 2.05) is 55.5 Å². The Kier molecular flexibility index (Phi) is 6.37. The van der Waals surface area contributed by atoms with Crippen LogP contribution in [0.3, 0.4) is 0 Å². The largest absolute Gasteiger partial charge is 0.492 e. The fourth-order valence-corrected chi connectivity index (χ4v) is 2.42. The number of anilines is 1. The molecule has 24 heavy (non-hydrogen) atoms. The molecule has 0 aliphatic heterocycles. The minimum Gasteiger partial charge on any atom is -0.492 e. The molecule has 2 aromatic carbocycles. The van der Waals surface area contributed by atoms with E-state index in [1.54, 1.807) is 6.07 Å². The molecule has 0 aliphatic rings. The molecule has 0 heterocycles. The molecule has 0 aliphatic carbocycles. The van der Waals surface area contributed by atoms with Gasteiger partial charge in [0, 0.05) is 6.92 Å². The smallest absolute Gasteiger partial charge is 0.226 e. The molecule has 1 atom stereocenters. The second kappa shape index (κ2) is 8.72. The first-order valence-electron chi connectivity index (χ1n) is 7.94. The molecule has 0 saturated carbocycles. The van der Waals surface area contributed by atoms with Crippen LogP contribution in [0.4, 0.5) is 5.69 Å². The van der Waals surface area contributed by atoms with Crippen molar-refractivity contribution in [3.8, 4) is 5.75 Å². The van der Waals surface area contributed by atoms with Gasteiger partial charge in [-0.1, -0.05) is 42.5 Å². The van der Waals surface area contributed by atoms with Gasteiger partial charge in [-0.25, -0.2) is 0 Å². The molecule has 0 saturated heterocycles. The monoisotopic (exact) mass is 326 g/mol. The predicted octanol–water partition coefficient (Wildman–Crippen LogP) is 3.29. The highest BCUT2D eigenvalue weighted by Gasteiger charge is 2.17. The van der Waals surface area contributed by atoms with Crippen molar-refractivity contribution in [1.29, 1.82) is 0 Å². The van der Waals surface area contributed by atoms with E-state index in [0.29, 0.717) is 18.0 Å². The Balaban J connectivity index is 2.09. The summed E-state index contributed by atoms with van der Waals surface area (Å²) in [7, 11) is 0. The Labute approximate surface area is 142 Å². The summed E-state index contributed by atoms with van der Waals surface area (Å²) < 4.78 is 5.51. The van der Waals surface area contributed by atoms with Crippen LogP contribution in [-0.2, 0) is 9.59 Å². The highest BCUT2D eigenvalue weighted by molar-refractivity contribution is 5.93. The molecule has 126 valence electrons. The molecule has 2 aromatic rings. The Morgan fingerprint density at radius 3 is 2.38 bits per heavy atom. The number of rotatable bonds is 7. The molecule has 0 fully saturated rings. The lowest BCUT2D eigenvalue weighted by atomic mass is 10.0. The van der Waals surface area contributed by atoms with Crippen LogP contribution < -0.4 is 15.4 Å². The summed E-state index contributed by atoms with van der Waals surface area (Å²) in [6.07, 6.45) is 0.143. The number of hydrogen-bond donors (Lipinski definition) is 2. The van der Waals surface area contributed by atoms with Gasteiger partial charge < -0.3 is 15.4 Å². The Bertz CT molecular complexity index is 686. The van der Waals surface area contributed by atoms with Gasteiger partial charge in [0.1, 0.15) is 5.75 Å². The third kappa shape index (κ3) is 5.12. The lowest BCUT2D eigenvalue weighted by Gasteiger charge is -2.18. The summed E-state index contributed by atoms with van der Waals surface area (Å²) >= 11 is 0. The average Bonchev–Trinajstić information content (AvgIpc) is 2.57. The molecule has 0 bridgehead atoms. The molecule has 1 unspecified atom stereocenters. The number of ether oxygens (including phenoxy) is 1. The van der Waals surface area contributed by atoms with Gasteiger partial charge in [-0.3, -0.25) is 9.59 Å². The first kappa shape index (κ1) is 17.5. The standard InChI is InChI=1S/C19H22N2O3/c1-3-24-18-12-8-7-11-16(18)21-19(23)13-17(20-14(2)22)15-9-5-4-6-10-15/h4-12,17H,3,13H2,1-2H3,(H,20,22)(H,21,23). The highest BCUT2D eigenvalue weighted by Crippen LogP contribution is 2.25. The zero-order chi connectivity index (χ0) is 17.4. The van der Waals surface area contributed by atoms with E-state index < -0.39 is 0 Å². The minimum atomic E-state index is -0.372. The molecule has 5 nitrogen and oxygen atoms in total. The Morgan fingerprint density at radius 1 is 1.04 bits per heavy atom. The van der Waals surface area contributed by atoms with Gasteiger partial charge in [0.15, 0.2) is 0 Å². The number of para-hydroxylation sites is 2. The van der Waals surface area contributed by atoms with Crippen LogP contribution in [-0.4, -0.2) is 18.4 Å². The predicted molar refractivity (Wildman–Crippen MR) is 93.9 cm³/mol. The quantitative estimate of drug-likeness (QED) is 0.820. The first-order chi connectivity index (χ1) is 11.6. The van der Waals surface area contributed by atoms with Gasteiger partial charge in [0.2, 0.25) is 11.8 Å². The number of amides is 2. The molecule has 2 rings (SSSR count). The SMILES string of the molecule is CCOc1ccccc1NC(=O)CC(NC(C)=O)c1ccccc1. The number of hydrogen-bond acceptors (Lipinski definition) is 3. The molecule has 0 radical (unpaired) electrons. The lowest BCUT2D eigenvalue weighted by molar-refractivity contribution is -0.120. The summed E-state index contributed by atoms with van der Waals surface area (Å²) in [6, 6.07) is 16.4. The van der Waals surface area contributed by atoms with Crippen molar-refractivity contribution in [2.45, 2.75) is 26.3 Å². The van der Waals surface area contributed by atoms with Gasteiger partial charge in [-0.15, -0.1) is 0 Å². The normalized spacial score (nSPS) is 11.4. The van der Waals surface area contributed by atoms with E-state index in [1.165, 1.54) is 6.92 Å². The van der Waals surface area contributed by atoms with Gasteiger partial charge in [-0.05, 0) is 24.6 Å². The summed E-state index contributed by atoms with van der Waals surface area (Å²) in [5.74, 6) is 0.264. The second-order valence-electron chi connectivity index (χ2n) is 5.35. The van der Waals surface area contributed by atoms with Crippen molar-refractivity contribution in [1.82, 2.24) is 5.32 Å². The van der Waals surface area contributed by atoms with Crippen molar-refractivity contribution in [3.63, 3.8) is 0 Å².